The number of nitrogens with one attached hydrogen (secondary N) is 1. The zero-order valence-electron chi connectivity index (χ0n) is 9.13. The first-order chi connectivity index (χ1) is 6.53. The van der Waals surface area contributed by atoms with Crippen LogP contribution in [0.5, 0.6) is 0 Å². The van der Waals surface area contributed by atoms with E-state index in [1.165, 1.54) is 0 Å². The Kier molecular flexibility index (Phi) is 3.52. The molecule has 0 saturated heterocycles. The predicted octanol–water partition coefficient (Wildman–Crippen LogP) is 1.63. The highest BCUT2D eigenvalue weighted by Gasteiger charge is 2.17. The van der Waals surface area contributed by atoms with E-state index in [9.17, 15) is 0 Å². The third kappa shape index (κ3) is 3.38. The number of hydrogen-bond donors (Lipinski definition) is 2. The van der Waals surface area contributed by atoms with Crippen molar-refractivity contribution in [2.24, 2.45) is 11.1 Å². The van der Waals surface area contributed by atoms with E-state index in [2.05, 4.69) is 31.2 Å². The summed E-state index contributed by atoms with van der Waals surface area (Å²) in [5.74, 6) is 0.908. The van der Waals surface area contributed by atoms with Crippen LogP contribution in [0.15, 0.2) is 10.7 Å². The molecular weight excluding hydrogens is 178 g/mol. The molecule has 0 aliphatic carbocycles. The number of rotatable bonds is 4. The lowest BCUT2D eigenvalue weighted by Crippen LogP contribution is -2.15. The lowest BCUT2D eigenvalue weighted by Gasteiger charge is -2.16. The highest BCUT2D eigenvalue weighted by Crippen LogP contribution is 2.25. The summed E-state index contributed by atoms with van der Waals surface area (Å²) in [4.78, 5) is 0. The van der Waals surface area contributed by atoms with Gasteiger partial charge in [0.25, 0.3) is 0 Å². The first-order valence-electron chi connectivity index (χ1n) is 4.90. The van der Waals surface area contributed by atoms with Gasteiger partial charge in [-0.1, -0.05) is 25.9 Å². The molecular formula is C10H19N3O. The molecule has 0 aliphatic rings. The second-order valence-electron chi connectivity index (χ2n) is 4.62. The average Bonchev–Trinajstić information content (AvgIpc) is 2.45. The van der Waals surface area contributed by atoms with Crippen LogP contribution >= 0.6 is 0 Å². The van der Waals surface area contributed by atoms with Crippen molar-refractivity contribution in [2.45, 2.75) is 27.2 Å². The molecule has 80 valence electrons. The number of nitrogens with zero attached hydrogens (tertiary/aromatic N) is 1. The van der Waals surface area contributed by atoms with Crippen molar-refractivity contribution < 1.29 is 4.52 Å². The molecule has 1 rings (SSSR count). The molecule has 3 N–H and O–H groups in total. The van der Waals surface area contributed by atoms with Gasteiger partial charge >= 0.3 is 0 Å². The highest BCUT2D eigenvalue weighted by atomic mass is 16.5. The van der Waals surface area contributed by atoms with Gasteiger partial charge in [0.05, 0.1) is 11.9 Å². The Morgan fingerprint density at radius 2 is 2.21 bits per heavy atom. The second-order valence-corrected chi connectivity index (χ2v) is 4.62. The van der Waals surface area contributed by atoms with Crippen LogP contribution in [0.3, 0.4) is 0 Å². The van der Waals surface area contributed by atoms with E-state index in [0.717, 1.165) is 24.4 Å². The molecule has 1 aromatic heterocycles. The Morgan fingerprint density at radius 1 is 1.50 bits per heavy atom. The van der Waals surface area contributed by atoms with E-state index >= 15 is 0 Å². The van der Waals surface area contributed by atoms with Crippen LogP contribution in [0.1, 0.15) is 26.5 Å². The average molecular weight is 197 g/mol. The van der Waals surface area contributed by atoms with Gasteiger partial charge in [0.1, 0.15) is 0 Å². The summed E-state index contributed by atoms with van der Waals surface area (Å²) < 4.78 is 5.18. The molecule has 0 fully saturated rings. The summed E-state index contributed by atoms with van der Waals surface area (Å²) in [6.45, 7) is 7.87. The van der Waals surface area contributed by atoms with Crippen LogP contribution in [-0.4, -0.2) is 18.2 Å². The molecule has 0 spiro atoms. The first kappa shape index (κ1) is 11.0. The minimum Gasteiger partial charge on any atom is -0.380 e. The van der Waals surface area contributed by atoms with E-state index in [-0.39, 0.29) is 5.41 Å². The molecule has 4 heteroatoms. The summed E-state index contributed by atoms with van der Waals surface area (Å²) in [6, 6.07) is 0. The van der Waals surface area contributed by atoms with E-state index in [1.807, 2.05) is 0 Å². The maximum absolute atomic E-state index is 5.41. The molecule has 0 amide bonds. The third-order valence-electron chi connectivity index (χ3n) is 1.80. The van der Waals surface area contributed by atoms with Gasteiger partial charge in [0, 0.05) is 19.5 Å². The monoisotopic (exact) mass is 197 g/mol. The second kappa shape index (κ2) is 4.46. The molecule has 0 aromatic carbocycles. The summed E-state index contributed by atoms with van der Waals surface area (Å²) in [6.07, 6.45) is 2.58. The van der Waals surface area contributed by atoms with Gasteiger partial charge in [-0.05, 0) is 5.41 Å². The molecule has 0 saturated carbocycles. The van der Waals surface area contributed by atoms with Crippen LogP contribution in [0.4, 0.5) is 5.69 Å². The number of anilines is 1. The molecule has 0 atom stereocenters. The Balaban J connectivity index is 2.63. The van der Waals surface area contributed by atoms with E-state index < -0.39 is 0 Å². The van der Waals surface area contributed by atoms with Crippen LogP contribution in [0, 0.1) is 5.41 Å². The van der Waals surface area contributed by atoms with E-state index in [4.69, 9.17) is 10.3 Å². The van der Waals surface area contributed by atoms with E-state index in [0.29, 0.717) is 6.54 Å². The fraction of sp³-hybridized carbons (Fsp3) is 0.700. The summed E-state index contributed by atoms with van der Waals surface area (Å²) in [7, 11) is 0. The number of nitrogens with two attached hydrogens (primary N) is 1. The number of aromatic nitrogens is 1. The van der Waals surface area contributed by atoms with Crippen molar-refractivity contribution in [3.05, 3.63) is 12.0 Å². The van der Waals surface area contributed by atoms with Gasteiger partial charge in [-0.25, -0.2) is 0 Å². The lowest BCUT2D eigenvalue weighted by molar-refractivity contribution is 0.321. The van der Waals surface area contributed by atoms with Crippen molar-refractivity contribution >= 4 is 5.69 Å². The van der Waals surface area contributed by atoms with Crippen molar-refractivity contribution in [1.29, 1.82) is 0 Å². The zero-order valence-corrected chi connectivity index (χ0v) is 9.13. The van der Waals surface area contributed by atoms with Gasteiger partial charge < -0.3 is 15.6 Å². The lowest BCUT2D eigenvalue weighted by atomic mass is 9.91. The van der Waals surface area contributed by atoms with Crippen LogP contribution < -0.4 is 11.1 Å². The first-order valence-corrected chi connectivity index (χ1v) is 4.90. The molecule has 0 unspecified atom stereocenters. The quantitative estimate of drug-likeness (QED) is 0.770. The molecule has 14 heavy (non-hydrogen) atoms. The van der Waals surface area contributed by atoms with Gasteiger partial charge in [0.15, 0.2) is 5.76 Å². The third-order valence-corrected chi connectivity index (χ3v) is 1.80. The smallest absolute Gasteiger partial charge is 0.160 e. The Bertz CT molecular complexity index is 275. The minimum absolute atomic E-state index is 0.207. The van der Waals surface area contributed by atoms with Crippen molar-refractivity contribution in [2.75, 3.05) is 18.4 Å². The topological polar surface area (TPSA) is 64.1 Å². The van der Waals surface area contributed by atoms with Gasteiger partial charge in [-0.2, -0.15) is 0 Å². The molecule has 1 aromatic rings. The summed E-state index contributed by atoms with van der Waals surface area (Å²) in [5, 5.41) is 6.97. The molecule has 0 aliphatic heterocycles. The molecule has 0 bridgehead atoms. The SMILES string of the molecule is CC(C)(C)Cc1oncc1NCCN. The fourth-order valence-electron chi connectivity index (χ4n) is 1.22. The Hall–Kier alpha value is -1.03. The molecule has 4 nitrogen and oxygen atoms in total. The predicted molar refractivity (Wildman–Crippen MR) is 57.2 cm³/mol. The normalized spacial score (nSPS) is 11.7. The maximum Gasteiger partial charge on any atom is 0.160 e. The van der Waals surface area contributed by atoms with Crippen molar-refractivity contribution in [3.8, 4) is 0 Å². The van der Waals surface area contributed by atoms with Gasteiger partial charge in [0.2, 0.25) is 0 Å². The largest absolute Gasteiger partial charge is 0.380 e. The summed E-state index contributed by atoms with van der Waals surface area (Å²) >= 11 is 0. The minimum atomic E-state index is 0.207. The molecule has 0 radical (unpaired) electrons. The highest BCUT2D eigenvalue weighted by molar-refractivity contribution is 5.44. The zero-order chi connectivity index (χ0) is 10.6. The van der Waals surface area contributed by atoms with Crippen LogP contribution in [0.2, 0.25) is 0 Å². The van der Waals surface area contributed by atoms with E-state index in [1.54, 1.807) is 6.20 Å². The fourth-order valence-corrected chi connectivity index (χ4v) is 1.22. The summed E-state index contributed by atoms with van der Waals surface area (Å²) in [5.41, 5.74) is 6.58. The Morgan fingerprint density at radius 3 is 2.79 bits per heavy atom. The van der Waals surface area contributed by atoms with Crippen molar-refractivity contribution in [1.82, 2.24) is 5.16 Å². The molecule has 1 heterocycles. The number of hydrogen-bond acceptors (Lipinski definition) is 4. The Labute approximate surface area is 84.8 Å². The maximum atomic E-state index is 5.41. The van der Waals surface area contributed by atoms with Gasteiger partial charge in [-0.15, -0.1) is 0 Å². The standard InChI is InChI=1S/C10H19N3O/c1-10(2,3)6-9-8(7-13-14-9)12-5-4-11/h7,12H,4-6,11H2,1-3H3. The van der Waals surface area contributed by atoms with Crippen LogP contribution in [-0.2, 0) is 6.42 Å². The van der Waals surface area contributed by atoms with Crippen molar-refractivity contribution in [3.63, 3.8) is 0 Å². The van der Waals surface area contributed by atoms with Crippen LogP contribution in [0.25, 0.3) is 0 Å². The van der Waals surface area contributed by atoms with Gasteiger partial charge in [-0.3, -0.25) is 0 Å².